The second-order valence-electron chi connectivity index (χ2n) is 13.6. The smallest absolute Gasteiger partial charge is 0.222 e. The number of ketones is 2. The average molecular weight is 704 g/mol. The summed E-state index contributed by atoms with van der Waals surface area (Å²) in [6.45, 7) is 14.4. The van der Waals surface area contributed by atoms with E-state index in [4.69, 9.17) is 0 Å². The number of carbonyl (C=O) groups is 3. The largest absolute Gasteiger partial charge is 0.352 e. The highest BCUT2D eigenvalue weighted by molar-refractivity contribution is 6.08. The standard InChI is InChI=1S/C17H18O.C13H17N3O.C11H10F4O/c1-13(2)12-14-8-10-16(11-9-14)17(18)15-6-4-3-5-7-15;1-9(2)12(17)14-8-10-4-6-11(7-5-10)13(3)15-16-13;1-4(2)11(16)6-9(14)7(12)5(3)8(13)10(6)15/h3-11,13H,12H2,1-2H3;4-7,9H,8H2,1-3H3,(H,14,17);4H,1-3H3. The Kier molecular flexibility index (Phi) is 14.1. The van der Waals surface area contributed by atoms with E-state index in [-0.39, 0.29) is 23.3 Å². The zero-order valence-corrected chi connectivity index (χ0v) is 30.3. The van der Waals surface area contributed by atoms with E-state index in [0.717, 1.165) is 35.6 Å². The van der Waals surface area contributed by atoms with Gasteiger partial charge in [0, 0.05) is 40.6 Å². The van der Waals surface area contributed by atoms with E-state index in [1.54, 1.807) is 0 Å². The molecule has 4 aromatic rings. The van der Waals surface area contributed by atoms with Gasteiger partial charge in [0.2, 0.25) is 11.6 Å². The molecule has 0 saturated heterocycles. The number of carbonyl (C=O) groups excluding carboxylic acids is 3. The Labute approximate surface area is 297 Å². The van der Waals surface area contributed by atoms with Gasteiger partial charge in [0.05, 0.1) is 5.56 Å². The molecule has 1 N–H and O–H groups in total. The minimum Gasteiger partial charge on any atom is -0.352 e. The van der Waals surface area contributed by atoms with Crippen molar-refractivity contribution in [3.05, 3.63) is 141 Å². The molecule has 0 spiro atoms. The van der Waals surface area contributed by atoms with Crippen LogP contribution in [0.5, 0.6) is 0 Å². The number of amides is 1. The number of benzene rings is 4. The van der Waals surface area contributed by atoms with E-state index in [0.29, 0.717) is 12.5 Å². The van der Waals surface area contributed by atoms with Gasteiger partial charge in [-0.3, -0.25) is 14.4 Å². The summed E-state index contributed by atoms with van der Waals surface area (Å²) in [5.41, 5.74) is 2.74. The van der Waals surface area contributed by atoms with Gasteiger partial charge in [-0.2, -0.15) is 10.2 Å². The van der Waals surface area contributed by atoms with Crippen molar-refractivity contribution in [3.63, 3.8) is 0 Å². The van der Waals surface area contributed by atoms with Crippen molar-refractivity contribution in [1.29, 1.82) is 0 Å². The first-order chi connectivity index (χ1) is 24.0. The first-order valence-corrected chi connectivity index (χ1v) is 16.8. The number of halogens is 4. The molecule has 0 aliphatic carbocycles. The van der Waals surface area contributed by atoms with Crippen LogP contribution in [0.25, 0.3) is 0 Å². The Hall–Kier alpha value is -4.99. The molecule has 0 unspecified atom stereocenters. The van der Waals surface area contributed by atoms with Gasteiger partial charge >= 0.3 is 0 Å². The topological polar surface area (TPSA) is 88.0 Å². The van der Waals surface area contributed by atoms with Crippen molar-refractivity contribution in [3.8, 4) is 0 Å². The normalized spacial score (nSPS) is 12.5. The van der Waals surface area contributed by atoms with E-state index in [9.17, 15) is 31.9 Å². The van der Waals surface area contributed by atoms with Gasteiger partial charge in [-0.05, 0) is 37.3 Å². The van der Waals surface area contributed by atoms with E-state index in [2.05, 4.69) is 41.5 Å². The van der Waals surface area contributed by atoms with Crippen molar-refractivity contribution in [1.82, 2.24) is 5.32 Å². The van der Waals surface area contributed by atoms with Gasteiger partial charge in [0.1, 0.15) is 0 Å². The summed E-state index contributed by atoms with van der Waals surface area (Å²) < 4.78 is 52.9. The molecule has 1 heterocycles. The fraction of sp³-hybridized carbons (Fsp3) is 0.341. The lowest BCUT2D eigenvalue weighted by Gasteiger charge is -2.10. The van der Waals surface area contributed by atoms with Crippen LogP contribution in [0.2, 0.25) is 0 Å². The van der Waals surface area contributed by atoms with E-state index in [1.807, 2.05) is 87.5 Å². The lowest BCUT2D eigenvalue weighted by atomic mass is 9.98. The van der Waals surface area contributed by atoms with Gasteiger partial charge < -0.3 is 5.32 Å². The van der Waals surface area contributed by atoms with Crippen LogP contribution in [0.4, 0.5) is 17.6 Å². The van der Waals surface area contributed by atoms with E-state index in [1.165, 1.54) is 19.4 Å². The molecule has 0 aromatic heterocycles. The van der Waals surface area contributed by atoms with Gasteiger partial charge in [-0.25, -0.2) is 17.6 Å². The quantitative estimate of drug-likeness (QED) is 0.101. The minimum atomic E-state index is -1.63. The van der Waals surface area contributed by atoms with E-state index < -0.39 is 46.1 Å². The highest BCUT2D eigenvalue weighted by Gasteiger charge is 2.35. The molecule has 0 atom stereocenters. The Balaban J connectivity index is 0.000000207. The van der Waals surface area contributed by atoms with Crippen LogP contribution in [0.1, 0.15) is 97.0 Å². The molecule has 6 nitrogen and oxygen atoms in total. The van der Waals surface area contributed by atoms with Crippen molar-refractivity contribution in [2.45, 2.75) is 74.0 Å². The predicted octanol–water partition coefficient (Wildman–Crippen LogP) is 10.1. The SMILES string of the molecule is CC(C)C(=O)NCc1ccc(C2(C)N=N2)cc1.CC(C)Cc1ccc(C(=O)c2ccccc2)cc1.Cc1c(F)c(F)c(C(=O)C(C)C)c(F)c1F. The molecule has 1 aliphatic heterocycles. The number of Topliss-reactive ketones (excluding diaryl/α,β-unsaturated/α-hetero) is 1. The van der Waals surface area contributed by atoms with Crippen molar-refractivity contribution < 1.29 is 31.9 Å². The summed E-state index contributed by atoms with van der Waals surface area (Å²) in [5, 5.41) is 10.9. The highest BCUT2D eigenvalue weighted by Crippen LogP contribution is 2.38. The molecule has 51 heavy (non-hydrogen) atoms. The second-order valence-corrected chi connectivity index (χ2v) is 13.6. The maximum Gasteiger partial charge on any atom is 0.222 e. The van der Waals surface area contributed by atoms with Crippen LogP contribution in [0.3, 0.4) is 0 Å². The third-order valence-corrected chi connectivity index (χ3v) is 8.04. The summed E-state index contributed by atoms with van der Waals surface area (Å²) in [5.74, 6) is -7.19. The van der Waals surface area contributed by atoms with Crippen LogP contribution < -0.4 is 5.32 Å². The molecule has 10 heteroatoms. The summed E-state index contributed by atoms with van der Waals surface area (Å²) in [6.07, 6.45) is 1.06. The van der Waals surface area contributed by atoms with Crippen LogP contribution in [-0.4, -0.2) is 17.5 Å². The lowest BCUT2D eigenvalue weighted by molar-refractivity contribution is -0.124. The molecule has 0 radical (unpaired) electrons. The monoisotopic (exact) mass is 703 g/mol. The van der Waals surface area contributed by atoms with Gasteiger partial charge in [0.15, 0.2) is 34.8 Å². The first kappa shape index (κ1) is 40.4. The number of nitrogens with one attached hydrogen (secondary N) is 1. The highest BCUT2D eigenvalue weighted by atomic mass is 19.2. The zero-order valence-electron chi connectivity index (χ0n) is 30.3. The van der Waals surface area contributed by atoms with Gasteiger partial charge in [-0.1, -0.05) is 120 Å². The van der Waals surface area contributed by atoms with Crippen molar-refractivity contribution in [2.75, 3.05) is 0 Å². The summed E-state index contributed by atoms with van der Waals surface area (Å²) in [6, 6.07) is 25.4. The summed E-state index contributed by atoms with van der Waals surface area (Å²) >= 11 is 0. The average Bonchev–Trinajstić information content (AvgIpc) is 3.87. The molecule has 4 aromatic carbocycles. The first-order valence-electron chi connectivity index (χ1n) is 16.8. The van der Waals surface area contributed by atoms with Crippen LogP contribution in [-0.2, 0) is 23.4 Å². The maximum atomic E-state index is 13.3. The fourth-order valence-corrected chi connectivity index (χ4v) is 4.79. The maximum absolute atomic E-state index is 13.3. The number of nitrogens with zero attached hydrogens (tertiary/aromatic N) is 2. The zero-order chi connectivity index (χ0) is 38.0. The molecule has 270 valence electrons. The van der Waals surface area contributed by atoms with Crippen LogP contribution in [0, 0.1) is 47.9 Å². The molecule has 1 amide bonds. The number of hydrogen-bond donors (Lipinski definition) is 1. The third-order valence-electron chi connectivity index (χ3n) is 8.04. The van der Waals surface area contributed by atoms with Gasteiger partial charge in [0.25, 0.3) is 0 Å². The third kappa shape index (κ3) is 11.0. The Morgan fingerprint density at radius 1 is 0.667 bits per heavy atom. The van der Waals surface area contributed by atoms with Crippen LogP contribution >= 0.6 is 0 Å². The molecule has 1 aliphatic rings. The molecule has 5 rings (SSSR count). The molecular formula is C41H45F4N3O3. The summed E-state index contributed by atoms with van der Waals surface area (Å²) in [4.78, 5) is 35.0. The second kappa shape index (κ2) is 17.8. The lowest BCUT2D eigenvalue weighted by Crippen LogP contribution is -2.27. The van der Waals surface area contributed by atoms with Gasteiger partial charge in [-0.15, -0.1) is 0 Å². The molecule has 0 bridgehead atoms. The number of rotatable bonds is 10. The minimum absolute atomic E-state index is 0.0252. The summed E-state index contributed by atoms with van der Waals surface area (Å²) in [7, 11) is 0. The molecule has 0 fully saturated rings. The van der Waals surface area contributed by atoms with Crippen molar-refractivity contribution in [2.24, 2.45) is 28.0 Å². The van der Waals surface area contributed by atoms with Crippen LogP contribution in [0.15, 0.2) is 89.1 Å². The predicted molar refractivity (Wildman–Crippen MR) is 190 cm³/mol. The number of hydrogen-bond acceptors (Lipinski definition) is 5. The molecule has 0 saturated carbocycles. The Bertz CT molecular complexity index is 1820. The van der Waals surface area contributed by atoms with Crippen molar-refractivity contribution >= 4 is 17.5 Å². The Morgan fingerprint density at radius 3 is 1.61 bits per heavy atom. The fourth-order valence-electron chi connectivity index (χ4n) is 4.79. The Morgan fingerprint density at radius 2 is 1.16 bits per heavy atom. The van der Waals surface area contributed by atoms with E-state index >= 15 is 0 Å². The molecular weight excluding hydrogens is 658 g/mol.